The Morgan fingerprint density at radius 3 is 2.33 bits per heavy atom. The van der Waals surface area contributed by atoms with Gasteiger partial charge in [0, 0.05) is 19.0 Å². The molecule has 1 aliphatic rings. The Hall–Kier alpha value is -1.02. The number of thiophene rings is 2. The van der Waals surface area contributed by atoms with E-state index in [0.717, 1.165) is 4.88 Å². The first-order valence-electron chi connectivity index (χ1n) is 6.70. The van der Waals surface area contributed by atoms with Crippen LogP contribution in [0.3, 0.4) is 0 Å². The van der Waals surface area contributed by atoms with E-state index in [1.54, 1.807) is 17.5 Å². The lowest BCUT2D eigenvalue weighted by Gasteiger charge is -2.29. The summed E-state index contributed by atoms with van der Waals surface area (Å²) in [6.45, 7) is 0.837. The Labute approximate surface area is 132 Å². The highest BCUT2D eigenvalue weighted by Crippen LogP contribution is 2.28. The maximum atomic E-state index is 12.4. The Morgan fingerprint density at radius 2 is 1.76 bits per heavy atom. The zero-order valence-electron chi connectivity index (χ0n) is 11.3. The molecular formula is C14H15NO3S3. The molecule has 0 amide bonds. The van der Waals surface area contributed by atoms with Gasteiger partial charge in [-0.2, -0.15) is 4.31 Å². The third-order valence-electron chi connectivity index (χ3n) is 3.68. The van der Waals surface area contributed by atoms with E-state index in [-0.39, 0.29) is 11.7 Å². The van der Waals surface area contributed by atoms with E-state index in [2.05, 4.69) is 0 Å². The van der Waals surface area contributed by atoms with Crippen LogP contribution in [0.15, 0.2) is 39.2 Å². The molecule has 0 unspecified atom stereocenters. The second-order valence-corrected chi connectivity index (χ2v) is 9.01. The summed E-state index contributed by atoms with van der Waals surface area (Å²) in [6.07, 6.45) is 1.20. The van der Waals surface area contributed by atoms with Crippen molar-refractivity contribution in [2.45, 2.75) is 17.1 Å². The van der Waals surface area contributed by atoms with Crippen LogP contribution in [0, 0.1) is 5.92 Å². The number of ketones is 1. The van der Waals surface area contributed by atoms with E-state index in [1.165, 1.54) is 27.0 Å². The minimum absolute atomic E-state index is 0.0570. The van der Waals surface area contributed by atoms with Crippen molar-refractivity contribution in [3.8, 4) is 0 Å². The molecule has 1 aliphatic heterocycles. The summed E-state index contributed by atoms with van der Waals surface area (Å²) in [5.41, 5.74) is 0. The summed E-state index contributed by atoms with van der Waals surface area (Å²) in [6, 6.07) is 7.07. The first kappa shape index (κ1) is 14.9. The number of hydrogen-bond acceptors (Lipinski definition) is 5. The average Bonchev–Trinajstić information content (AvgIpc) is 3.19. The highest BCUT2D eigenvalue weighted by Gasteiger charge is 2.32. The Kier molecular flexibility index (Phi) is 4.26. The lowest BCUT2D eigenvalue weighted by Crippen LogP contribution is -2.39. The van der Waals surface area contributed by atoms with E-state index in [0.29, 0.717) is 30.1 Å². The summed E-state index contributed by atoms with van der Waals surface area (Å²) < 4.78 is 26.7. The SMILES string of the molecule is O=C(c1cccs1)C1CCN(S(=O)(=O)c2cccs2)CC1. The van der Waals surface area contributed by atoms with Gasteiger partial charge >= 0.3 is 0 Å². The molecule has 2 aromatic heterocycles. The largest absolute Gasteiger partial charge is 0.293 e. The predicted molar refractivity (Wildman–Crippen MR) is 84.5 cm³/mol. The maximum Gasteiger partial charge on any atom is 0.252 e. The fraction of sp³-hybridized carbons (Fsp3) is 0.357. The molecule has 7 heteroatoms. The zero-order chi connectivity index (χ0) is 14.9. The third kappa shape index (κ3) is 2.96. The smallest absolute Gasteiger partial charge is 0.252 e. The fourth-order valence-corrected chi connectivity index (χ4v) is 5.87. The normalized spacial score (nSPS) is 17.9. The van der Waals surface area contributed by atoms with Crippen molar-refractivity contribution in [1.29, 1.82) is 0 Å². The quantitative estimate of drug-likeness (QED) is 0.803. The molecular weight excluding hydrogens is 326 g/mol. The van der Waals surface area contributed by atoms with E-state index in [4.69, 9.17) is 0 Å². The van der Waals surface area contributed by atoms with Gasteiger partial charge in [0.05, 0.1) is 4.88 Å². The van der Waals surface area contributed by atoms with Crippen LogP contribution in [-0.4, -0.2) is 31.6 Å². The van der Waals surface area contributed by atoms with Gasteiger partial charge < -0.3 is 0 Å². The number of carbonyl (C=O) groups is 1. The zero-order valence-corrected chi connectivity index (χ0v) is 13.7. The van der Waals surface area contributed by atoms with E-state index >= 15 is 0 Å². The third-order valence-corrected chi connectivity index (χ3v) is 7.83. The Bertz CT molecular complexity index is 697. The van der Waals surface area contributed by atoms with E-state index < -0.39 is 10.0 Å². The lowest BCUT2D eigenvalue weighted by atomic mass is 9.93. The van der Waals surface area contributed by atoms with Crippen molar-refractivity contribution in [2.24, 2.45) is 5.92 Å². The summed E-state index contributed by atoms with van der Waals surface area (Å²) in [5, 5.41) is 3.66. The number of hydrogen-bond donors (Lipinski definition) is 0. The predicted octanol–water partition coefficient (Wildman–Crippen LogP) is 3.09. The summed E-state index contributed by atoms with van der Waals surface area (Å²) in [7, 11) is -3.38. The molecule has 3 rings (SSSR count). The summed E-state index contributed by atoms with van der Waals surface area (Å²) in [4.78, 5) is 13.1. The van der Waals surface area contributed by atoms with Crippen molar-refractivity contribution in [3.05, 3.63) is 39.9 Å². The molecule has 0 radical (unpaired) electrons. The van der Waals surface area contributed by atoms with E-state index in [9.17, 15) is 13.2 Å². The number of Topliss-reactive ketones (excluding diaryl/α,β-unsaturated/α-hetero) is 1. The van der Waals surface area contributed by atoms with Crippen LogP contribution in [0.25, 0.3) is 0 Å². The molecule has 4 nitrogen and oxygen atoms in total. The second kappa shape index (κ2) is 6.00. The average molecular weight is 341 g/mol. The molecule has 0 atom stereocenters. The molecule has 0 saturated carbocycles. The number of piperidine rings is 1. The number of carbonyl (C=O) groups excluding carboxylic acids is 1. The molecule has 1 saturated heterocycles. The van der Waals surface area contributed by atoms with Gasteiger partial charge in [-0.1, -0.05) is 12.1 Å². The maximum absolute atomic E-state index is 12.4. The molecule has 2 aromatic rings. The minimum Gasteiger partial charge on any atom is -0.293 e. The number of rotatable bonds is 4. The number of nitrogens with zero attached hydrogens (tertiary/aromatic N) is 1. The molecule has 0 bridgehead atoms. The van der Waals surface area contributed by atoms with Crippen molar-refractivity contribution >= 4 is 38.5 Å². The fourth-order valence-electron chi connectivity index (χ4n) is 2.52. The van der Waals surface area contributed by atoms with Crippen LogP contribution in [-0.2, 0) is 10.0 Å². The highest BCUT2D eigenvalue weighted by atomic mass is 32.2. The topological polar surface area (TPSA) is 54.5 Å². The van der Waals surface area contributed by atoms with Crippen molar-refractivity contribution in [3.63, 3.8) is 0 Å². The van der Waals surface area contributed by atoms with Crippen LogP contribution in [0.4, 0.5) is 0 Å². The van der Waals surface area contributed by atoms with Gasteiger partial charge in [-0.3, -0.25) is 4.79 Å². The summed E-state index contributed by atoms with van der Waals surface area (Å²) >= 11 is 2.68. The van der Waals surface area contributed by atoms with Gasteiger partial charge in [0.1, 0.15) is 4.21 Å². The highest BCUT2D eigenvalue weighted by molar-refractivity contribution is 7.91. The molecule has 3 heterocycles. The van der Waals surface area contributed by atoms with Crippen LogP contribution in [0.1, 0.15) is 22.5 Å². The molecule has 0 N–H and O–H groups in total. The lowest BCUT2D eigenvalue weighted by molar-refractivity contribution is 0.0879. The Morgan fingerprint density at radius 1 is 1.10 bits per heavy atom. The molecule has 0 spiro atoms. The van der Waals surface area contributed by atoms with E-state index in [1.807, 2.05) is 17.5 Å². The first-order chi connectivity index (χ1) is 10.1. The van der Waals surface area contributed by atoms with Gasteiger partial charge in [-0.05, 0) is 35.7 Å². The number of sulfonamides is 1. The second-order valence-electron chi connectivity index (χ2n) is 4.95. The molecule has 0 aliphatic carbocycles. The molecule has 1 fully saturated rings. The van der Waals surface area contributed by atoms with Crippen LogP contribution < -0.4 is 0 Å². The van der Waals surface area contributed by atoms with Crippen LogP contribution in [0.2, 0.25) is 0 Å². The van der Waals surface area contributed by atoms with Gasteiger partial charge in [-0.25, -0.2) is 8.42 Å². The molecule has 21 heavy (non-hydrogen) atoms. The van der Waals surface area contributed by atoms with Crippen LogP contribution in [0.5, 0.6) is 0 Å². The van der Waals surface area contributed by atoms with Gasteiger partial charge in [-0.15, -0.1) is 22.7 Å². The first-order valence-corrected chi connectivity index (χ1v) is 9.90. The van der Waals surface area contributed by atoms with Gasteiger partial charge in [0.2, 0.25) is 0 Å². The Balaban J connectivity index is 1.67. The monoisotopic (exact) mass is 341 g/mol. The molecule has 0 aromatic carbocycles. The minimum atomic E-state index is -3.38. The standard InChI is InChI=1S/C14H15NO3S3/c16-14(12-3-1-9-19-12)11-5-7-15(8-6-11)21(17,18)13-4-2-10-20-13/h1-4,9-11H,5-8H2. The van der Waals surface area contributed by atoms with Crippen molar-refractivity contribution in [1.82, 2.24) is 4.31 Å². The molecule has 112 valence electrons. The van der Waals surface area contributed by atoms with Gasteiger partial charge in [0.15, 0.2) is 5.78 Å². The summed E-state index contributed by atoms with van der Waals surface area (Å²) in [5.74, 6) is 0.0941. The van der Waals surface area contributed by atoms with Gasteiger partial charge in [0.25, 0.3) is 10.0 Å². The van der Waals surface area contributed by atoms with Crippen molar-refractivity contribution in [2.75, 3.05) is 13.1 Å². The van der Waals surface area contributed by atoms with Crippen molar-refractivity contribution < 1.29 is 13.2 Å². The van der Waals surface area contributed by atoms with Crippen LogP contribution >= 0.6 is 22.7 Å².